The number of nitrogens with zero attached hydrogens (tertiary/aromatic N) is 3. The Bertz CT molecular complexity index is 597. The van der Waals surface area contributed by atoms with Crippen LogP contribution in [-0.2, 0) is 6.54 Å². The van der Waals surface area contributed by atoms with E-state index < -0.39 is 4.92 Å². The van der Waals surface area contributed by atoms with Gasteiger partial charge in [-0.05, 0) is 22.6 Å². The first-order valence-electron chi connectivity index (χ1n) is 5.11. The molecule has 0 aliphatic heterocycles. The lowest BCUT2D eigenvalue weighted by molar-refractivity contribution is -0.388. The summed E-state index contributed by atoms with van der Waals surface area (Å²) in [5, 5.41) is 28.1. The molecule has 7 nitrogen and oxygen atoms in total. The molecule has 18 heavy (non-hydrogen) atoms. The lowest BCUT2D eigenvalue weighted by Gasteiger charge is -2.03. The zero-order valence-corrected chi connectivity index (χ0v) is 9.25. The van der Waals surface area contributed by atoms with E-state index >= 15 is 0 Å². The number of rotatable bonds is 4. The van der Waals surface area contributed by atoms with Crippen LogP contribution < -0.4 is 5.32 Å². The molecule has 0 spiro atoms. The third kappa shape index (κ3) is 2.44. The SMILES string of the molecule is N#Cc1ccc(CNc2cn[nH]c2[N+](=O)[O-])cc1. The average molecular weight is 243 g/mol. The Balaban J connectivity index is 2.05. The molecule has 0 radical (unpaired) electrons. The van der Waals surface area contributed by atoms with Crippen molar-refractivity contribution in [1.29, 1.82) is 5.26 Å². The number of aromatic amines is 1. The lowest BCUT2D eigenvalue weighted by Crippen LogP contribution is -2.01. The van der Waals surface area contributed by atoms with E-state index in [0.29, 0.717) is 17.8 Å². The van der Waals surface area contributed by atoms with Gasteiger partial charge >= 0.3 is 5.82 Å². The molecule has 0 amide bonds. The Kier molecular flexibility index (Phi) is 3.20. The van der Waals surface area contributed by atoms with Crippen molar-refractivity contribution in [2.24, 2.45) is 0 Å². The number of anilines is 1. The van der Waals surface area contributed by atoms with Gasteiger partial charge in [-0.25, -0.2) is 0 Å². The van der Waals surface area contributed by atoms with Gasteiger partial charge in [0.05, 0.1) is 11.6 Å². The molecular weight excluding hydrogens is 234 g/mol. The van der Waals surface area contributed by atoms with Crippen LogP contribution in [0.25, 0.3) is 0 Å². The highest BCUT2D eigenvalue weighted by atomic mass is 16.6. The summed E-state index contributed by atoms with van der Waals surface area (Å²) >= 11 is 0. The largest absolute Gasteiger partial charge is 0.373 e. The topological polar surface area (TPSA) is 108 Å². The third-order valence-electron chi connectivity index (χ3n) is 2.37. The van der Waals surface area contributed by atoms with E-state index in [1.54, 1.807) is 24.3 Å². The van der Waals surface area contributed by atoms with Gasteiger partial charge in [0.15, 0.2) is 5.69 Å². The fraction of sp³-hybridized carbons (Fsp3) is 0.0909. The molecule has 1 aromatic carbocycles. The Morgan fingerprint density at radius 2 is 2.17 bits per heavy atom. The van der Waals surface area contributed by atoms with Crippen LogP contribution in [0.1, 0.15) is 11.1 Å². The summed E-state index contributed by atoms with van der Waals surface area (Å²) in [5.74, 6) is -0.163. The molecule has 7 heteroatoms. The van der Waals surface area contributed by atoms with Gasteiger partial charge in [0.2, 0.25) is 0 Å². The molecule has 2 rings (SSSR count). The molecule has 0 saturated heterocycles. The summed E-state index contributed by atoms with van der Waals surface area (Å²) in [6.45, 7) is 0.423. The van der Waals surface area contributed by atoms with Crippen molar-refractivity contribution < 1.29 is 4.92 Å². The van der Waals surface area contributed by atoms with Crippen LogP contribution in [0.4, 0.5) is 11.5 Å². The summed E-state index contributed by atoms with van der Waals surface area (Å²) in [4.78, 5) is 10.1. The molecule has 1 aromatic heterocycles. The first-order chi connectivity index (χ1) is 8.70. The minimum Gasteiger partial charge on any atom is -0.373 e. The normalized spacial score (nSPS) is 9.72. The molecule has 0 bridgehead atoms. The second-order valence-corrected chi connectivity index (χ2v) is 3.55. The van der Waals surface area contributed by atoms with Crippen LogP contribution in [0, 0.1) is 21.4 Å². The first-order valence-corrected chi connectivity index (χ1v) is 5.11. The standard InChI is InChI=1S/C11H9N5O2/c12-5-8-1-3-9(4-2-8)6-13-10-7-14-15-11(10)16(17)18/h1-4,7,13H,6H2,(H,14,15). The van der Waals surface area contributed by atoms with E-state index in [-0.39, 0.29) is 5.82 Å². The number of H-pyrrole nitrogens is 1. The van der Waals surface area contributed by atoms with Gasteiger partial charge in [-0.2, -0.15) is 5.26 Å². The summed E-state index contributed by atoms with van der Waals surface area (Å²) < 4.78 is 0. The maximum atomic E-state index is 10.6. The van der Waals surface area contributed by atoms with Crippen molar-refractivity contribution in [2.45, 2.75) is 6.54 Å². The smallest absolute Gasteiger partial charge is 0.366 e. The maximum Gasteiger partial charge on any atom is 0.366 e. The predicted molar refractivity (Wildman–Crippen MR) is 63.7 cm³/mol. The molecule has 0 aliphatic rings. The average Bonchev–Trinajstić information content (AvgIpc) is 2.85. The number of nitro groups is 1. The number of nitriles is 1. The van der Waals surface area contributed by atoms with Crippen LogP contribution in [0.15, 0.2) is 30.5 Å². The number of hydrogen-bond donors (Lipinski definition) is 2. The van der Waals surface area contributed by atoms with Crippen molar-refractivity contribution in [3.05, 3.63) is 51.7 Å². The minimum atomic E-state index is -0.534. The maximum absolute atomic E-state index is 10.6. The fourth-order valence-corrected chi connectivity index (χ4v) is 1.44. The zero-order valence-electron chi connectivity index (χ0n) is 9.25. The molecule has 2 aromatic rings. The van der Waals surface area contributed by atoms with Gasteiger partial charge in [-0.3, -0.25) is 0 Å². The van der Waals surface area contributed by atoms with Crippen molar-refractivity contribution in [2.75, 3.05) is 5.32 Å². The molecule has 2 N–H and O–H groups in total. The Labute approximate surface area is 102 Å². The molecular formula is C11H9N5O2. The second-order valence-electron chi connectivity index (χ2n) is 3.55. The van der Waals surface area contributed by atoms with E-state index in [2.05, 4.69) is 15.5 Å². The Morgan fingerprint density at radius 1 is 1.44 bits per heavy atom. The van der Waals surface area contributed by atoms with Crippen LogP contribution in [-0.4, -0.2) is 15.1 Å². The second kappa shape index (κ2) is 4.97. The van der Waals surface area contributed by atoms with E-state index in [0.717, 1.165) is 5.56 Å². The number of aromatic nitrogens is 2. The highest BCUT2D eigenvalue weighted by molar-refractivity contribution is 5.55. The van der Waals surface area contributed by atoms with E-state index in [1.165, 1.54) is 6.20 Å². The predicted octanol–water partition coefficient (Wildman–Crippen LogP) is 1.80. The Morgan fingerprint density at radius 3 is 2.78 bits per heavy atom. The summed E-state index contributed by atoms with van der Waals surface area (Å²) in [6.07, 6.45) is 1.36. The van der Waals surface area contributed by atoms with Gasteiger partial charge in [-0.15, -0.1) is 5.10 Å². The van der Waals surface area contributed by atoms with Crippen LogP contribution in [0.2, 0.25) is 0 Å². The lowest BCUT2D eigenvalue weighted by atomic mass is 10.1. The first kappa shape index (κ1) is 11.6. The van der Waals surface area contributed by atoms with E-state index in [9.17, 15) is 10.1 Å². The molecule has 0 aliphatic carbocycles. The highest BCUT2D eigenvalue weighted by Crippen LogP contribution is 2.20. The van der Waals surface area contributed by atoms with E-state index in [1.807, 2.05) is 6.07 Å². The summed E-state index contributed by atoms with van der Waals surface area (Å²) in [6, 6.07) is 8.99. The number of benzene rings is 1. The third-order valence-corrected chi connectivity index (χ3v) is 2.37. The van der Waals surface area contributed by atoms with Crippen LogP contribution in [0.5, 0.6) is 0 Å². The Hall–Kier alpha value is -2.88. The summed E-state index contributed by atoms with van der Waals surface area (Å²) in [5.41, 5.74) is 1.84. The van der Waals surface area contributed by atoms with Crippen molar-refractivity contribution >= 4 is 11.5 Å². The van der Waals surface area contributed by atoms with Gasteiger partial charge in [0.1, 0.15) is 6.20 Å². The summed E-state index contributed by atoms with van der Waals surface area (Å²) in [7, 11) is 0. The fourth-order valence-electron chi connectivity index (χ4n) is 1.44. The van der Waals surface area contributed by atoms with Gasteiger partial charge in [-0.1, -0.05) is 17.2 Å². The highest BCUT2D eigenvalue weighted by Gasteiger charge is 2.13. The molecule has 90 valence electrons. The van der Waals surface area contributed by atoms with Crippen molar-refractivity contribution in [3.63, 3.8) is 0 Å². The van der Waals surface area contributed by atoms with Crippen LogP contribution >= 0.6 is 0 Å². The molecule has 0 atom stereocenters. The van der Waals surface area contributed by atoms with Crippen molar-refractivity contribution in [3.8, 4) is 6.07 Å². The van der Waals surface area contributed by atoms with Gasteiger partial charge in [0, 0.05) is 6.54 Å². The molecule has 0 fully saturated rings. The van der Waals surface area contributed by atoms with Gasteiger partial charge in [0.25, 0.3) is 0 Å². The van der Waals surface area contributed by atoms with E-state index in [4.69, 9.17) is 5.26 Å². The monoisotopic (exact) mass is 243 g/mol. The molecule has 0 unspecified atom stereocenters. The molecule has 0 saturated carbocycles. The molecule has 1 heterocycles. The van der Waals surface area contributed by atoms with Crippen molar-refractivity contribution in [1.82, 2.24) is 10.2 Å². The van der Waals surface area contributed by atoms with Crippen LogP contribution in [0.3, 0.4) is 0 Å². The number of nitrogens with one attached hydrogen (secondary N) is 2. The van der Waals surface area contributed by atoms with Gasteiger partial charge < -0.3 is 15.4 Å². The number of hydrogen-bond acceptors (Lipinski definition) is 5. The minimum absolute atomic E-state index is 0.163. The quantitative estimate of drug-likeness (QED) is 0.628. The zero-order chi connectivity index (χ0) is 13.0.